The maximum absolute atomic E-state index is 12.6. The number of carbonyl (C=O) groups is 2. The van der Waals surface area contributed by atoms with Crippen molar-refractivity contribution in [2.45, 2.75) is 185 Å². The van der Waals surface area contributed by atoms with Crippen molar-refractivity contribution in [3.63, 3.8) is 0 Å². The molecule has 0 aliphatic heterocycles. The van der Waals surface area contributed by atoms with E-state index in [9.17, 15) is 44.6 Å². The highest BCUT2D eigenvalue weighted by atomic mass is 31.2. The number of unbranched alkanes of at least 4 members (excludes halogenated alkanes) is 16. The van der Waals surface area contributed by atoms with Gasteiger partial charge in [-0.2, -0.15) is 0 Å². The maximum Gasteiger partial charge on any atom is 0.472 e. The van der Waals surface area contributed by atoms with Crippen LogP contribution in [-0.4, -0.2) is 98.3 Å². The highest BCUT2D eigenvalue weighted by molar-refractivity contribution is 7.47. The number of ether oxygens (including phenoxy) is 2. The van der Waals surface area contributed by atoms with Crippen molar-refractivity contribution in [1.29, 1.82) is 0 Å². The van der Waals surface area contributed by atoms with Crippen molar-refractivity contribution < 1.29 is 63.1 Å². The fourth-order valence-electron chi connectivity index (χ4n) is 5.50. The molecule has 0 aromatic carbocycles. The van der Waals surface area contributed by atoms with E-state index in [0.717, 1.165) is 19.3 Å². The Hall–Kier alpha value is -1.15. The molecule has 1 fully saturated rings. The zero-order valence-electron chi connectivity index (χ0n) is 28.6. The van der Waals surface area contributed by atoms with Gasteiger partial charge < -0.3 is 39.9 Å². The first-order valence-corrected chi connectivity index (χ1v) is 19.3. The molecule has 1 aliphatic carbocycles. The monoisotopic (exact) mass is 698 g/mol. The quantitative estimate of drug-likeness (QED) is 0.0375. The zero-order chi connectivity index (χ0) is 35.1. The van der Waals surface area contributed by atoms with E-state index in [2.05, 4.69) is 6.92 Å². The molecule has 0 saturated heterocycles. The first-order chi connectivity index (χ1) is 22.4. The predicted molar refractivity (Wildman–Crippen MR) is 175 cm³/mol. The van der Waals surface area contributed by atoms with Crippen molar-refractivity contribution in [2.24, 2.45) is 0 Å². The van der Waals surface area contributed by atoms with Gasteiger partial charge in [0, 0.05) is 12.8 Å². The minimum absolute atomic E-state index is 0.101. The van der Waals surface area contributed by atoms with Crippen LogP contribution in [0, 0.1) is 0 Å². The SMILES string of the molecule is CCCCCCCCCCCCCCCCCCCC(=O)OC(COC(=O)CCC)COP(=O)(O)OC1C(O)C(O)C(O)C(O)C1O. The van der Waals surface area contributed by atoms with Crippen molar-refractivity contribution in [3.8, 4) is 0 Å². The third kappa shape index (κ3) is 19.6. The highest BCUT2D eigenvalue weighted by Gasteiger charge is 2.51. The molecule has 6 unspecified atom stereocenters. The molecule has 0 radical (unpaired) electrons. The van der Waals surface area contributed by atoms with E-state index in [-0.39, 0.29) is 12.8 Å². The van der Waals surface area contributed by atoms with Crippen LogP contribution >= 0.6 is 7.82 Å². The van der Waals surface area contributed by atoms with Gasteiger partial charge in [0.15, 0.2) is 6.10 Å². The van der Waals surface area contributed by atoms with Crippen molar-refractivity contribution in [3.05, 3.63) is 0 Å². The smallest absolute Gasteiger partial charge is 0.462 e. The molecule has 14 heteroatoms. The van der Waals surface area contributed by atoms with Gasteiger partial charge in [-0.05, 0) is 12.8 Å². The van der Waals surface area contributed by atoms with Crippen LogP contribution in [0.2, 0.25) is 0 Å². The van der Waals surface area contributed by atoms with Gasteiger partial charge in [0.2, 0.25) is 0 Å². The van der Waals surface area contributed by atoms with E-state index in [1.165, 1.54) is 83.5 Å². The summed E-state index contributed by atoms with van der Waals surface area (Å²) in [6, 6.07) is 0. The van der Waals surface area contributed by atoms with Crippen molar-refractivity contribution >= 4 is 19.8 Å². The first kappa shape index (κ1) is 43.9. The number of rotatable bonds is 28. The second kappa shape index (κ2) is 25.8. The van der Waals surface area contributed by atoms with Gasteiger partial charge in [-0.15, -0.1) is 0 Å². The Morgan fingerprint density at radius 3 is 1.45 bits per heavy atom. The molecule has 1 aliphatic rings. The zero-order valence-corrected chi connectivity index (χ0v) is 29.5. The minimum Gasteiger partial charge on any atom is -0.462 e. The van der Waals surface area contributed by atoms with Gasteiger partial charge in [-0.25, -0.2) is 4.57 Å². The summed E-state index contributed by atoms with van der Waals surface area (Å²) in [5.74, 6) is -1.15. The summed E-state index contributed by atoms with van der Waals surface area (Å²) in [5.41, 5.74) is 0. The fourth-order valence-corrected chi connectivity index (χ4v) is 6.47. The number of aliphatic hydroxyl groups excluding tert-OH is 5. The summed E-state index contributed by atoms with van der Waals surface area (Å²) in [5, 5.41) is 49.5. The van der Waals surface area contributed by atoms with Gasteiger partial charge in [0.1, 0.15) is 43.2 Å². The molecule has 6 atom stereocenters. The third-order valence-corrected chi connectivity index (χ3v) is 9.40. The van der Waals surface area contributed by atoms with Gasteiger partial charge in [-0.1, -0.05) is 117 Å². The van der Waals surface area contributed by atoms with Crippen LogP contribution in [0.25, 0.3) is 0 Å². The summed E-state index contributed by atoms with van der Waals surface area (Å²) >= 11 is 0. The van der Waals surface area contributed by atoms with E-state index in [1.54, 1.807) is 6.92 Å². The molecule has 6 N–H and O–H groups in total. The Balaban J connectivity index is 2.33. The summed E-state index contributed by atoms with van der Waals surface area (Å²) in [7, 11) is -5.08. The lowest BCUT2D eigenvalue weighted by molar-refractivity contribution is -0.220. The van der Waals surface area contributed by atoms with Crippen LogP contribution in [0.1, 0.15) is 142 Å². The summed E-state index contributed by atoms with van der Waals surface area (Å²) in [6.07, 6.45) is 8.20. The standard InChI is InChI=1S/C33H63O13P/c1-3-5-6-7-8-9-10-11-12-13-14-15-16-17-18-19-20-22-27(35)45-25(23-43-26(34)21-4-2)24-44-47(41,42)46-33-31(39)29(37)28(36)30(38)32(33)40/h25,28-33,36-40H,3-24H2,1-2H3,(H,41,42). The van der Waals surface area contributed by atoms with E-state index >= 15 is 0 Å². The molecular weight excluding hydrogens is 635 g/mol. The number of phosphoric ester groups is 1. The van der Waals surface area contributed by atoms with Gasteiger partial charge in [-0.3, -0.25) is 18.6 Å². The van der Waals surface area contributed by atoms with Crippen LogP contribution in [0.3, 0.4) is 0 Å². The topological polar surface area (TPSA) is 210 Å². The highest BCUT2D eigenvalue weighted by Crippen LogP contribution is 2.47. The third-order valence-electron chi connectivity index (χ3n) is 8.42. The Labute approximate surface area is 281 Å². The van der Waals surface area contributed by atoms with Crippen LogP contribution in [0.4, 0.5) is 0 Å². The Morgan fingerprint density at radius 1 is 0.574 bits per heavy atom. The van der Waals surface area contributed by atoms with Crippen LogP contribution in [0.5, 0.6) is 0 Å². The molecule has 0 aromatic heterocycles. The Morgan fingerprint density at radius 2 is 1.00 bits per heavy atom. The number of carbonyl (C=O) groups excluding carboxylic acids is 2. The van der Waals surface area contributed by atoms with E-state index in [4.69, 9.17) is 18.5 Å². The second-order valence-electron chi connectivity index (χ2n) is 12.7. The van der Waals surface area contributed by atoms with Crippen LogP contribution in [-0.2, 0) is 32.7 Å². The van der Waals surface area contributed by atoms with Gasteiger partial charge in [0.05, 0.1) is 6.61 Å². The molecule has 1 rings (SSSR count). The lowest BCUT2D eigenvalue weighted by Crippen LogP contribution is -2.64. The molecule has 0 spiro atoms. The molecule has 47 heavy (non-hydrogen) atoms. The molecule has 0 heterocycles. The molecule has 13 nitrogen and oxygen atoms in total. The number of aliphatic hydroxyl groups is 5. The molecular formula is C33H63O13P. The molecule has 0 aromatic rings. The van der Waals surface area contributed by atoms with Crippen molar-refractivity contribution in [2.75, 3.05) is 13.2 Å². The molecule has 0 amide bonds. The van der Waals surface area contributed by atoms with E-state index in [1.807, 2.05) is 0 Å². The number of phosphoric acid groups is 1. The average molecular weight is 699 g/mol. The minimum atomic E-state index is -5.08. The van der Waals surface area contributed by atoms with Gasteiger partial charge >= 0.3 is 19.8 Å². The largest absolute Gasteiger partial charge is 0.472 e. The summed E-state index contributed by atoms with van der Waals surface area (Å²) in [6.45, 7) is 2.85. The van der Waals surface area contributed by atoms with Crippen LogP contribution < -0.4 is 0 Å². The normalized spacial score (nSPS) is 24.9. The predicted octanol–water partition coefficient (Wildman–Crippen LogP) is 4.60. The van der Waals surface area contributed by atoms with E-state index in [0.29, 0.717) is 12.8 Å². The number of hydrogen-bond donors (Lipinski definition) is 6. The lowest BCUT2D eigenvalue weighted by atomic mass is 9.85. The van der Waals surface area contributed by atoms with Gasteiger partial charge in [0.25, 0.3) is 0 Å². The van der Waals surface area contributed by atoms with E-state index < -0.39 is 75.7 Å². The van der Waals surface area contributed by atoms with Crippen LogP contribution in [0.15, 0.2) is 0 Å². The fraction of sp³-hybridized carbons (Fsp3) is 0.939. The number of hydrogen-bond acceptors (Lipinski definition) is 12. The molecule has 278 valence electrons. The average Bonchev–Trinajstić information content (AvgIpc) is 3.04. The lowest BCUT2D eigenvalue weighted by Gasteiger charge is -2.41. The maximum atomic E-state index is 12.6. The first-order valence-electron chi connectivity index (χ1n) is 17.8. The summed E-state index contributed by atoms with van der Waals surface area (Å²) in [4.78, 5) is 34.5. The Bertz CT molecular complexity index is 859. The van der Waals surface area contributed by atoms with Crippen molar-refractivity contribution in [1.82, 2.24) is 0 Å². The Kier molecular flexibility index (Phi) is 24.1. The second-order valence-corrected chi connectivity index (χ2v) is 14.1. The molecule has 0 bridgehead atoms. The summed E-state index contributed by atoms with van der Waals surface area (Å²) < 4.78 is 32.7. The number of esters is 2. The molecule has 1 saturated carbocycles.